The zero-order valence-corrected chi connectivity index (χ0v) is 20.3. The number of rotatable bonds is 8. The van der Waals surface area contributed by atoms with Crippen LogP contribution >= 0.6 is 0 Å². The number of hydrogen-bond donors (Lipinski definition) is 3. The molecule has 0 fully saturated rings. The first-order valence-corrected chi connectivity index (χ1v) is 11.5. The van der Waals surface area contributed by atoms with Crippen LogP contribution in [0.3, 0.4) is 0 Å². The summed E-state index contributed by atoms with van der Waals surface area (Å²) in [5.41, 5.74) is 2.69. The topological polar surface area (TPSA) is 108 Å². The van der Waals surface area contributed by atoms with Gasteiger partial charge in [0.1, 0.15) is 17.2 Å². The minimum Gasteiger partial charge on any atom is -0.453 e. The molecule has 0 saturated carbocycles. The molecule has 2 aromatic heterocycles. The minimum atomic E-state index is -0.836. The number of H-pyrrole nitrogens is 1. The summed E-state index contributed by atoms with van der Waals surface area (Å²) in [6, 6.07) is 9.98. The Bertz CT molecular complexity index is 1560. The number of aromatic amines is 1. The number of imide groups is 1. The third-order valence-electron chi connectivity index (χ3n) is 5.36. The van der Waals surface area contributed by atoms with Gasteiger partial charge in [-0.1, -0.05) is 24.3 Å². The molecule has 0 saturated heterocycles. The number of hydrogen-bond acceptors (Lipinski definition) is 5. The van der Waals surface area contributed by atoms with E-state index in [1.54, 1.807) is 18.5 Å². The fourth-order valence-corrected chi connectivity index (χ4v) is 3.72. The average molecular weight is 516 g/mol. The Labute approximate surface area is 216 Å². The molecule has 4 rings (SSSR count). The van der Waals surface area contributed by atoms with Gasteiger partial charge in [0.15, 0.2) is 11.6 Å². The van der Waals surface area contributed by atoms with Gasteiger partial charge in [0, 0.05) is 41.5 Å². The lowest BCUT2D eigenvalue weighted by Gasteiger charge is -2.11. The van der Waals surface area contributed by atoms with Gasteiger partial charge in [0.05, 0.1) is 11.8 Å². The fraction of sp³-hybridized carbons (Fsp3) is 0.0714. The average Bonchev–Trinajstić information content (AvgIpc) is 3.32. The SMILES string of the molecule is C=N/C=C(\C=C/C)c1c[nH]c2nccc(Oc3ccc(NC(=O)NC(=O)Cc4ccc(F)cc4)cc3F)c12. The first-order chi connectivity index (χ1) is 18.4. The molecule has 0 aliphatic rings. The molecule has 38 heavy (non-hydrogen) atoms. The molecule has 0 unspecified atom stereocenters. The highest BCUT2D eigenvalue weighted by Gasteiger charge is 2.16. The van der Waals surface area contributed by atoms with Crippen LogP contribution in [-0.4, -0.2) is 28.6 Å². The van der Waals surface area contributed by atoms with Crippen LogP contribution in [0.2, 0.25) is 0 Å². The first kappa shape index (κ1) is 26.0. The molecule has 0 aliphatic heterocycles. The first-order valence-electron chi connectivity index (χ1n) is 11.5. The van der Waals surface area contributed by atoms with E-state index in [2.05, 4.69) is 32.3 Å². The van der Waals surface area contributed by atoms with E-state index in [9.17, 15) is 18.4 Å². The summed E-state index contributed by atoms with van der Waals surface area (Å²) in [4.78, 5) is 35.5. The number of urea groups is 1. The number of anilines is 1. The predicted octanol–water partition coefficient (Wildman–Crippen LogP) is 6.14. The Hall–Kier alpha value is -5.12. The maximum atomic E-state index is 14.9. The second-order valence-corrected chi connectivity index (χ2v) is 8.05. The van der Waals surface area contributed by atoms with Crippen molar-refractivity contribution in [3.05, 3.63) is 102 Å². The molecule has 0 spiro atoms. The summed E-state index contributed by atoms with van der Waals surface area (Å²) in [7, 11) is 0. The van der Waals surface area contributed by atoms with Crippen molar-refractivity contribution in [3.63, 3.8) is 0 Å². The lowest BCUT2D eigenvalue weighted by Crippen LogP contribution is -2.35. The second kappa shape index (κ2) is 11.7. The van der Waals surface area contributed by atoms with Crippen LogP contribution < -0.4 is 15.4 Å². The molecule has 0 aliphatic carbocycles. The van der Waals surface area contributed by atoms with Crippen LogP contribution in [0.25, 0.3) is 16.6 Å². The van der Waals surface area contributed by atoms with E-state index in [1.165, 1.54) is 42.6 Å². The third-order valence-corrected chi connectivity index (χ3v) is 5.36. The summed E-state index contributed by atoms with van der Waals surface area (Å²) in [6.45, 7) is 5.38. The maximum Gasteiger partial charge on any atom is 0.325 e. The molecule has 3 amide bonds. The summed E-state index contributed by atoms with van der Waals surface area (Å²) in [5.74, 6) is -1.49. The molecule has 8 nitrogen and oxygen atoms in total. The third kappa shape index (κ3) is 6.16. The monoisotopic (exact) mass is 515 g/mol. The number of carbonyl (C=O) groups is 2. The molecular formula is C28H23F2N5O3. The lowest BCUT2D eigenvalue weighted by atomic mass is 10.1. The van der Waals surface area contributed by atoms with Crippen molar-refractivity contribution in [2.45, 2.75) is 13.3 Å². The zero-order valence-electron chi connectivity index (χ0n) is 20.3. The number of carbonyl (C=O) groups excluding carboxylic acids is 2. The summed E-state index contributed by atoms with van der Waals surface area (Å²) in [6.07, 6.45) is 8.46. The Morgan fingerprint density at radius 1 is 1.13 bits per heavy atom. The zero-order chi connectivity index (χ0) is 27.1. The Morgan fingerprint density at radius 2 is 1.92 bits per heavy atom. The van der Waals surface area contributed by atoms with Crippen LogP contribution in [0.1, 0.15) is 18.1 Å². The number of ether oxygens (including phenoxy) is 1. The normalized spacial score (nSPS) is 11.5. The van der Waals surface area contributed by atoms with E-state index in [1.807, 2.05) is 19.1 Å². The standard InChI is InChI=1S/C28H23F2N5O3/c1-3-4-18(15-31-2)21-16-33-27-26(21)24(11-12-32-27)38-23-10-9-20(14-22(23)30)34-28(37)35-25(36)13-17-5-7-19(29)8-6-17/h3-12,14-16H,2,13H2,1H3,(H,32,33)(H2,34,35,36,37)/b4-3-,18-15+. The highest BCUT2D eigenvalue weighted by atomic mass is 19.1. The largest absolute Gasteiger partial charge is 0.453 e. The number of allylic oxidation sites excluding steroid dienone is 3. The summed E-state index contributed by atoms with van der Waals surface area (Å²) < 4.78 is 33.8. The molecule has 4 aromatic rings. The highest BCUT2D eigenvalue weighted by Crippen LogP contribution is 2.36. The highest BCUT2D eigenvalue weighted by molar-refractivity contribution is 6.01. The van der Waals surface area contributed by atoms with E-state index < -0.39 is 23.6 Å². The smallest absolute Gasteiger partial charge is 0.325 e. The van der Waals surface area contributed by atoms with Gasteiger partial charge in [-0.15, -0.1) is 0 Å². The number of aliphatic imine (C=N–C) groups is 1. The van der Waals surface area contributed by atoms with Crippen molar-refractivity contribution in [2.75, 3.05) is 5.32 Å². The molecule has 10 heteroatoms. The van der Waals surface area contributed by atoms with Crippen LogP contribution in [0, 0.1) is 11.6 Å². The molecule has 0 atom stereocenters. The van der Waals surface area contributed by atoms with Gasteiger partial charge in [-0.2, -0.15) is 0 Å². The number of pyridine rings is 1. The predicted molar refractivity (Wildman–Crippen MR) is 142 cm³/mol. The van der Waals surface area contributed by atoms with Gasteiger partial charge in [-0.05, 0) is 49.5 Å². The Morgan fingerprint density at radius 3 is 2.63 bits per heavy atom. The van der Waals surface area contributed by atoms with Crippen LogP contribution in [0.5, 0.6) is 11.5 Å². The van der Waals surface area contributed by atoms with Gasteiger partial charge in [0.2, 0.25) is 5.91 Å². The quantitative estimate of drug-likeness (QED) is 0.193. The van der Waals surface area contributed by atoms with Crippen molar-refractivity contribution in [1.29, 1.82) is 0 Å². The van der Waals surface area contributed by atoms with Gasteiger partial charge >= 0.3 is 6.03 Å². The van der Waals surface area contributed by atoms with Gasteiger partial charge < -0.3 is 15.0 Å². The fourth-order valence-electron chi connectivity index (χ4n) is 3.72. The molecule has 2 heterocycles. The van der Waals surface area contributed by atoms with Crippen molar-refractivity contribution < 1.29 is 23.1 Å². The van der Waals surface area contributed by atoms with Crippen molar-refractivity contribution in [2.24, 2.45) is 4.99 Å². The second-order valence-electron chi connectivity index (χ2n) is 8.05. The molecular weight excluding hydrogens is 492 g/mol. The number of nitrogens with one attached hydrogen (secondary N) is 3. The summed E-state index contributed by atoms with van der Waals surface area (Å²) >= 11 is 0. The van der Waals surface area contributed by atoms with E-state index in [0.29, 0.717) is 22.3 Å². The van der Waals surface area contributed by atoms with E-state index in [-0.39, 0.29) is 17.9 Å². The minimum absolute atomic E-state index is 0.0820. The van der Waals surface area contributed by atoms with E-state index in [4.69, 9.17) is 4.74 Å². The molecule has 192 valence electrons. The molecule has 2 aromatic carbocycles. The van der Waals surface area contributed by atoms with E-state index in [0.717, 1.165) is 17.2 Å². The van der Waals surface area contributed by atoms with Crippen molar-refractivity contribution >= 4 is 40.9 Å². The van der Waals surface area contributed by atoms with Crippen LogP contribution in [-0.2, 0) is 11.2 Å². The Kier molecular flexibility index (Phi) is 8.02. The number of amides is 3. The van der Waals surface area contributed by atoms with Crippen molar-refractivity contribution in [3.8, 4) is 11.5 Å². The maximum absolute atomic E-state index is 14.9. The molecule has 0 bridgehead atoms. The number of aromatic nitrogens is 2. The molecule has 3 N–H and O–H groups in total. The lowest BCUT2D eigenvalue weighted by molar-refractivity contribution is -0.119. The number of benzene rings is 2. The van der Waals surface area contributed by atoms with Gasteiger partial charge in [-0.3, -0.25) is 15.1 Å². The van der Waals surface area contributed by atoms with Gasteiger partial charge in [-0.25, -0.2) is 18.6 Å². The number of fused-ring (bicyclic) bond motifs is 1. The van der Waals surface area contributed by atoms with Crippen molar-refractivity contribution in [1.82, 2.24) is 15.3 Å². The van der Waals surface area contributed by atoms with Crippen LogP contribution in [0.15, 0.2) is 84.3 Å². The van der Waals surface area contributed by atoms with Gasteiger partial charge in [0.25, 0.3) is 0 Å². The summed E-state index contributed by atoms with van der Waals surface area (Å²) in [5, 5.41) is 5.18. The van der Waals surface area contributed by atoms with E-state index >= 15 is 0 Å². The van der Waals surface area contributed by atoms with Crippen LogP contribution in [0.4, 0.5) is 19.3 Å². The number of nitrogens with zero attached hydrogens (tertiary/aromatic N) is 2. The molecule has 0 radical (unpaired) electrons. The Balaban J connectivity index is 1.47. The number of halogens is 2.